The first-order valence-corrected chi connectivity index (χ1v) is 11.6. The van der Waals surface area contributed by atoms with Gasteiger partial charge in [0.05, 0.1) is 5.97 Å². The van der Waals surface area contributed by atoms with Gasteiger partial charge in [-0.1, -0.05) is 13.0 Å². The number of ketones is 1. The van der Waals surface area contributed by atoms with E-state index in [4.69, 9.17) is 9.47 Å². The second-order valence-corrected chi connectivity index (χ2v) is 10.1. The van der Waals surface area contributed by atoms with Crippen LogP contribution in [0.25, 0.3) is 0 Å². The summed E-state index contributed by atoms with van der Waals surface area (Å²) in [4.78, 5) is 23.7. The van der Waals surface area contributed by atoms with Crippen molar-refractivity contribution in [2.75, 3.05) is 0 Å². The first kappa shape index (κ1) is 22.6. The molecule has 0 unspecified atom stereocenters. The monoisotopic (exact) mass is 461 g/mol. The highest BCUT2D eigenvalue weighted by Crippen LogP contribution is 2.60. The number of phenols is 1. The van der Waals surface area contributed by atoms with Crippen molar-refractivity contribution in [3.05, 3.63) is 23.3 Å². The predicted octanol–water partition coefficient (Wildman–Crippen LogP) is -0.246. The number of carboxylic acid groups (broad SMARTS) is 1. The van der Waals surface area contributed by atoms with Gasteiger partial charge in [0, 0.05) is 17.4 Å². The molecule has 0 bridgehead atoms. The largest absolute Gasteiger partial charge is 0.547 e. The summed E-state index contributed by atoms with van der Waals surface area (Å²) in [5, 5.41) is 52.2. The van der Waals surface area contributed by atoms with Crippen molar-refractivity contribution in [3.63, 3.8) is 0 Å². The van der Waals surface area contributed by atoms with Crippen LogP contribution in [0, 0.1) is 17.3 Å². The first-order chi connectivity index (χ1) is 15.6. The summed E-state index contributed by atoms with van der Waals surface area (Å²) in [5.74, 6) is -0.507. The number of aromatic hydroxyl groups is 1. The Morgan fingerprint density at radius 1 is 1.12 bits per heavy atom. The molecular formula is C24H29O9-. The third-order valence-corrected chi connectivity index (χ3v) is 8.60. The van der Waals surface area contributed by atoms with Crippen molar-refractivity contribution in [3.8, 4) is 11.5 Å². The zero-order chi connectivity index (χ0) is 23.7. The van der Waals surface area contributed by atoms with E-state index in [1.54, 1.807) is 6.07 Å². The lowest BCUT2D eigenvalue weighted by Crippen LogP contribution is -2.63. The molecule has 9 nitrogen and oxygen atoms in total. The van der Waals surface area contributed by atoms with Crippen LogP contribution in [-0.4, -0.2) is 62.9 Å². The zero-order valence-electron chi connectivity index (χ0n) is 18.3. The highest BCUT2D eigenvalue weighted by Gasteiger charge is 2.55. The Hall–Kier alpha value is -2.20. The summed E-state index contributed by atoms with van der Waals surface area (Å²) in [7, 11) is 0. The van der Waals surface area contributed by atoms with E-state index in [1.165, 1.54) is 0 Å². The second-order valence-electron chi connectivity index (χ2n) is 10.1. The summed E-state index contributed by atoms with van der Waals surface area (Å²) in [6.07, 6.45) is -4.20. The molecule has 3 aliphatic carbocycles. The molecule has 1 aromatic rings. The quantitative estimate of drug-likeness (QED) is 0.477. The minimum absolute atomic E-state index is 0.00590. The lowest BCUT2D eigenvalue weighted by molar-refractivity contribution is -0.342. The van der Waals surface area contributed by atoms with Gasteiger partial charge in [0.15, 0.2) is 11.5 Å². The molecule has 0 radical (unpaired) electrons. The Morgan fingerprint density at radius 2 is 1.88 bits per heavy atom. The standard InChI is InChI=1S/C24H30O9/c1-24-9-8-11-10-4-6-15(32-23-20(29)18(27)19(28)21(33-23)22(30)31)17(26)13(10)3-2-12(11)14(24)5-7-16(24)25/h4,6,11-12,14,18-21,23,26-29H,2-3,5,7-9H2,1H3,(H,30,31)/p-1/t11-,12-,14+,18+,19+,20-,21+,23-,24+/m1/s1. The number of Topliss-reactive ketones (excluding diaryl/α,β-unsaturated/α-hetero) is 1. The van der Waals surface area contributed by atoms with Gasteiger partial charge >= 0.3 is 0 Å². The van der Waals surface area contributed by atoms with Crippen LogP contribution in [0.4, 0.5) is 0 Å². The number of phenolic OH excluding ortho intramolecular Hbond substituents is 1. The molecule has 33 heavy (non-hydrogen) atoms. The van der Waals surface area contributed by atoms with Crippen molar-refractivity contribution >= 4 is 11.8 Å². The number of benzene rings is 1. The summed E-state index contributed by atoms with van der Waals surface area (Å²) < 4.78 is 10.7. The zero-order valence-corrected chi connectivity index (χ0v) is 18.3. The summed E-state index contributed by atoms with van der Waals surface area (Å²) in [5.41, 5.74) is 1.54. The van der Waals surface area contributed by atoms with Crippen molar-refractivity contribution in [2.45, 2.75) is 82.1 Å². The van der Waals surface area contributed by atoms with Crippen LogP contribution in [0.5, 0.6) is 11.5 Å². The van der Waals surface area contributed by atoms with Gasteiger partial charge in [0.1, 0.15) is 30.2 Å². The Morgan fingerprint density at radius 3 is 2.61 bits per heavy atom. The van der Waals surface area contributed by atoms with Crippen LogP contribution >= 0.6 is 0 Å². The average Bonchev–Trinajstić information content (AvgIpc) is 3.09. The van der Waals surface area contributed by atoms with Gasteiger partial charge in [0.25, 0.3) is 0 Å². The molecular weight excluding hydrogens is 432 g/mol. The molecule has 0 amide bonds. The fourth-order valence-corrected chi connectivity index (χ4v) is 6.76. The number of hydrogen-bond acceptors (Lipinski definition) is 9. The Bertz CT molecular complexity index is 977. The summed E-state index contributed by atoms with van der Waals surface area (Å²) in [6, 6.07) is 3.42. The molecule has 1 aromatic carbocycles. The van der Waals surface area contributed by atoms with Crippen LogP contribution in [0.3, 0.4) is 0 Å². The normalized spacial score (nSPS) is 42.2. The van der Waals surface area contributed by atoms with Crippen molar-refractivity contribution < 1.29 is 44.6 Å². The van der Waals surface area contributed by atoms with E-state index >= 15 is 0 Å². The first-order valence-electron chi connectivity index (χ1n) is 11.6. The van der Waals surface area contributed by atoms with Gasteiger partial charge in [-0.2, -0.15) is 0 Å². The predicted molar refractivity (Wildman–Crippen MR) is 110 cm³/mol. The molecule has 0 aromatic heterocycles. The number of carboxylic acids is 1. The van der Waals surface area contributed by atoms with Crippen LogP contribution in [0.1, 0.15) is 56.1 Å². The van der Waals surface area contributed by atoms with E-state index in [2.05, 4.69) is 6.92 Å². The molecule has 0 spiro atoms. The smallest absolute Gasteiger partial charge is 0.229 e. The van der Waals surface area contributed by atoms with Crippen molar-refractivity contribution in [2.24, 2.45) is 17.3 Å². The van der Waals surface area contributed by atoms with Gasteiger partial charge in [-0.25, -0.2) is 0 Å². The van der Waals surface area contributed by atoms with Crippen LogP contribution < -0.4 is 9.84 Å². The van der Waals surface area contributed by atoms with E-state index in [1.807, 2.05) is 6.07 Å². The molecule has 9 atom stereocenters. The van der Waals surface area contributed by atoms with Gasteiger partial charge in [-0.15, -0.1) is 0 Å². The number of carbonyl (C=O) groups excluding carboxylic acids is 2. The van der Waals surface area contributed by atoms with Gasteiger partial charge in [0.2, 0.25) is 6.29 Å². The van der Waals surface area contributed by atoms with Crippen LogP contribution in [0.15, 0.2) is 12.1 Å². The lowest BCUT2D eigenvalue weighted by Gasteiger charge is -2.48. The van der Waals surface area contributed by atoms with Gasteiger partial charge in [-0.05, 0) is 61.5 Å². The number of aliphatic hydroxyl groups is 3. The van der Waals surface area contributed by atoms with Crippen molar-refractivity contribution in [1.82, 2.24) is 0 Å². The Kier molecular flexibility index (Phi) is 5.43. The number of rotatable bonds is 3. The second kappa shape index (κ2) is 7.94. The Labute approximate surface area is 190 Å². The fraction of sp³-hybridized carbons (Fsp3) is 0.667. The lowest BCUT2D eigenvalue weighted by atomic mass is 9.55. The summed E-state index contributed by atoms with van der Waals surface area (Å²) in [6.45, 7) is 2.11. The molecule has 3 fully saturated rings. The summed E-state index contributed by atoms with van der Waals surface area (Å²) >= 11 is 0. The average molecular weight is 461 g/mol. The molecule has 2 saturated carbocycles. The van der Waals surface area contributed by atoms with E-state index < -0.39 is 36.7 Å². The number of carbonyl (C=O) groups is 2. The molecule has 9 heteroatoms. The Balaban J connectivity index is 1.39. The van der Waals surface area contributed by atoms with Crippen LogP contribution in [0.2, 0.25) is 0 Å². The molecule has 5 rings (SSSR count). The minimum Gasteiger partial charge on any atom is -0.547 e. The maximum Gasteiger partial charge on any atom is 0.229 e. The van der Waals surface area contributed by atoms with Crippen LogP contribution in [-0.2, 0) is 20.7 Å². The molecule has 1 saturated heterocycles. The molecule has 1 aliphatic heterocycles. The van der Waals surface area contributed by atoms with E-state index in [0.29, 0.717) is 30.5 Å². The van der Waals surface area contributed by atoms with E-state index in [-0.39, 0.29) is 22.8 Å². The topological polar surface area (TPSA) is 157 Å². The molecule has 1 heterocycles. The maximum atomic E-state index is 12.5. The third-order valence-electron chi connectivity index (χ3n) is 8.60. The molecule has 4 aliphatic rings. The number of ether oxygens (including phenoxy) is 2. The maximum absolute atomic E-state index is 12.5. The number of aliphatic hydroxyl groups excluding tert-OH is 3. The third kappa shape index (κ3) is 3.36. The fourth-order valence-electron chi connectivity index (χ4n) is 6.76. The highest BCUT2D eigenvalue weighted by atomic mass is 16.7. The van der Waals surface area contributed by atoms with Gasteiger partial charge in [-0.3, -0.25) is 4.79 Å². The SMILES string of the molecule is C[C@]12CC[C@@H]3c4ccc(O[C@@H]5O[C@H](C(=O)[O-])[C@@H](O)[C@H](O)[C@H]5O)c(O)c4CC[C@H]3[C@@H]1CCC2=O. The molecule has 180 valence electrons. The number of aliphatic carboxylic acids is 1. The van der Waals surface area contributed by atoms with E-state index in [0.717, 1.165) is 36.8 Å². The van der Waals surface area contributed by atoms with Crippen molar-refractivity contribution in [1.29, 1.82) is 0 Å². The van der Waals surface area contributed by atoms with E-state index in [9.17, 15) is 35.1 Å². The van der Waals surface area contributed by atoms with Gasteiger partial charge < -0.3 is 39.8 Å². The highest BCUT2D eigenvalue weighted by molar-refractivity contribution is 5.87. The number of fused-ring (bicyclic) bond motifs is 5. The number of hydrogen-bond donors (Lipinski definition) is 4. The molecule has 4 N–H and O–H groups in total. The minimum atomic E-state index is -1.89.